The first-order valence-electron chi connectivity index (χ1n) is 12.8. The van der Waals surface area contributed by atoms with Gasteiger partial charge in [-0.2, -0.15) is 0 Å². The zero-order valence-corrected chi connectivity index (χ0v) is 22.0. The van der Waals surface area contributed by atoms with Gasteiger partial charge in [0.05, 0.1) is 23.3 Å². The summed E-state index contributed by atoms with van der Waals surface area (Å²) in [4.78, 5) is 21.6. The second kappa shape index (κ2) is 10.5. The number of anilines is 2. The molecular formula is C29H30F3N5O2. The maximum absolute atomic E-state index is 13.1. The molecule has 1 N–H and O–H groups in total. The molecular weight excluding hydrogens is 507 g/mol. The number of nitrogens with zero attached hydrogens (tertiary/aromatic N) is 4. The summed E-state index contributed by atoms with van der Waals surface area (Å²) >= 11 is 0. The number of alkyl halides is 3. The maximum Gasteiger partial charge on any atom is 0.573 e. The molecule has 4 aromatic rings. The number of aryl methyl sites for hydroxylation is 1. The number of benzene rings is 2. The van der Waals surface area contributed by atoms with E-state index in [1.54, 1.807) is 24.5 Å². The van der Waals surface area contributed by atoms with Gasteiger partial charge in [-0.1, -0.05) is 19.1 Å². The van der Waals surface area contributed by atoms with Crippen molar-refractivity contribution in [2.75, 3.05) is 29.9 Å². The predicted molar refractivity (Wildman–Crippen MR) is 145 cm³/mol. The number of rotatable bonds is 8. The summed E-state index contributed by atoms with van der Waals surface area (Å²) in [5.74, 6) is -0.325. The Kier molecular flexibility index (Phi) is 7.12. The lowest BCUT2D eigenvalue weighted by atomic mass is 10.0. The fraction of sp³-hybridized carbons (Fsp3) is 0.310. The Balaban J connectivity index is 1.16. The number of carbonyl (C=O) groups excluding carboxylic acids is 1. The molecule has 5 rings (SSSR count). The number of pyridine rings is 1. The number of hydrogen-bond donors (Lipinski definition) is 1. The van der Waals surface area contributed by atoms with E-state index in [1.807, 2.05) is 55.9 Å². The second-order valence-corrected chi connectivity index (χ2v) is 9.69. The summed E-state index contributed by atoms with van der Waals surface area (Å²) in [6.45, 7) is 3.97. The van der Waals surface area contributed by atoms with Crippen LogP contribution in [0.3, 0.4) is 0 Å². The van der Waals surface area contributed by atoms with E-state index in [0.717, 1.165) is 53.0 Å². The lowest BCUT2D eigenvalue weighted by Crippen LogP contribution is -2.58. The third-order valence-electron chi connectivity index (χ3n) is 7.33. The highest BCUT2D eigenvalue weighted by Gasteiger charge is 2.32. The van der Waals surface area contributed by atoms with Crippen LogP contribution in [0, 0.1) is 0 Å². The fourth-order valence-corrected chi connectivity index (χ4v) is 5.10. The maximum atomic E-state index is 13.1. The van der Waals surface area contributed by atoms with Gasteiger partial charge in [-0.25, -0.2) is 0 Å². The van der Waals surface area contributed by atoms with Crippen molar-refractivity contribution < 1.29 is 22.7 Å². The van der Waals surface area contributed by atoms with Crippen molar-refractivity contribution >= 4 is 28.2 Å². The van der Waals surface area contributed by atoms with Gasteiger partial charge >= 0.3 is 6.36 Å². The standard InChI is InChI=1S/C29H30F3N5O2/c1-4-25-27(24-13-14-33-16-26(24)36(25)3)28(38)34-15-19-5-7-20(8-6-19)35(2)22-17-37(18-22)21-9-11-23(12-10-21)39-29(30,31)32/h5-14,16,22H,4,15,17-18H2,1-3H3,(H,34,38). The summed E-state index contributed by atoms with van der Waals surface area (Å²) < 4.78 is 43.1. The van der Waals surface area contributed by atoms with Crippen LogP contribution in [-0.4, -0.2) is 48.0 Å². The minimum atomic E-state index is -4.69. The number of hydrogen-bond acceptors (Lipinski definition) is 5. The molecule has 204 valence electrons. The predicted octanol–water partition coefficient (Wildman–Crippen LogP) is 5.29. The van der Waals surface area contributed by atoms with Crippen molar-refractivity contribution in [2.45, 2.75) is 32.3 Å². The van der Waals surface area contributed by atoms with Crippen molar-refractivity contribution in [3.63, 3.8) is 0 Å². The molecule has 0 unspecified atom stereocenters. The van der Waals surface area contributed by atoms with E-state index in [-0.39, 0.29) is 17.7 Å². The van der Waals surface area contributed by atoms with Gasteiger partial charge in [0.15, 0.2) is 0 Å². The van der Waals surface area contributed by atoms with Crippen LogP contribution in [0.4, 0.5) is 24.5 Å². The molecule has 2 aromatic carbocycles. The number of amides is 1. The topological polar surface area (TPSA) is 62.6 Å². The number of aromatic nitrogens is 2. The molecule has 39 heavy (non-hydrogen) atoms. The Labute approximate surface area is 224 Å². The molecule has 2 aromatic heterocycles. The SMILES string of the molecule is CCc1c(C(=O)NCc2ccc(N(C)C3CN(c4ccc(OC(F)(F)F)cc4)C3)cc2)c2ccncc2n1C. The second-order valence-electron chi connectivity index (χ2n) is 9.69. The van der Waals surface area contributed by atoms with Crippen molar-refractivity contribution in [1.82, 2.24) is 14.9 Å². The van der Waals surface area contributed by atoms with E-state index < -0.39 is 6.36 Å². The zero-order valence-electron chi connectivity index (χ0n) is 22.0. The molecule has 7 nitrogen and oxygen atoms in total. The van der Waals surface area contributed by atoms with Gasteiger partial charge < -0.3 is 24.4 Å². The molecule has 0 atom stereocenters. The van der Waals surface area contributed by atoms with Gasteiger partial charge in [-0.3, -0.25) is 9.78 Å². The van der Waals surface area contributed by atoms with Crippen LogP contribution in [0.15, 0.2) is 67.0 Å². The average molecular weight is 538 g/mol. The van der Waals surface area contributed by atoms with Gasteiger partial charge in [0, 0.05) is 62.4 Å². The number of fused-ring (bicyclic) bond motifs is 1. The molecule has 0 radical (unpaired) electrons. The molecule has 1 aliphatic heterocycles. The van der Waals surface area contributed by atoms with E-state index in [1.165, 1.54) is 12.1 Å². The van der Waals surface area contributed by atoms with Crippen molar-refractivity contribution in [1.29, 1.82) is 0 Å². The summed E-state index contributed by atoms with van der Waals surface area (Å²) in [5, 5.41) is 3.97. The molecule has 0 spiro atoms. The highest BCUT2D eigenvalue weighted by molar-refractivity contribution is 6.08. The van der Waals surface area contributed by atoms with E-state index in [9.17, 15) is 18.0 Å². The van der Waals surface area contributed by atoms with Crippen molar-refractivity contribution in [3.05, 3.63) is 83.8 Å². The number of ether oxygens (including phenoxy) is 1. The minimum Gasteiger partial charge on any atom is -0.406 e. The largest absolute Gasteiger partial charge is 0.573 e. The fourth-order valence-electron chi connectivity index (χ4n) is 5.10. The van der Waals surface area contributed by atoms with Crippen LogP contribution in [0.1, 0.15) is 28.5 Å². The first kappa shape index (κ1) is 26.4. The number of likely N-dealkylation sites (N-methyl/N-ethyl adjacent to an activating group) is 1. The molecule has 1 saturated heterocycles. The summed E-state index contributed by atoms with van der Waals surface area (Å²) in [6, 6.07) is 16.2. The van der Waals surface area contributed by atoms with Crippen LogP contribution in [-0.2, 0) is 20.0 Å². The van der Waals surface area contributed by atoms with Gasteiger partial charge in [0.1, 0.15) is 5.75 Å². The Morgan fingerprint density at radius 1 is 1.10 bits per heavy atom. The minimum absolute atomic E-state index is 0.0996. The highest BCUT2D eigenvalue weighted by Crippen LogP contribution is 2.30. The smallest absolute Gasteiger partial charge is 0.406 e. The van der Waals surface area contributed by atoms with Crippen molar-refractivity contribution in [3.8, 4) is 5.75 Å². The number of carbonyl (C=O) groups is 1. The molecule has 1 aliphatic rings. The molecule has 0 aliphatic carbocycles. The lowest BCUT2D eigenvalue weighted by Gasteiger charge is -2.46. The molecule has 0 saturated carbocycles. The van der Waals surface area contributed by atoms with Gasteiger partial charge in [0.25, 0.3) is 5.91 Å². The molecule has 3 heterocycles. The van der Waals surface area contributed by atoms with E-state index >= 15 is 0 Å². The highest BCUT2D eigenvalue weighted by atomic mass is 19.4. The number of halogens is 3. The van der Waals surface area contributed by atoms with Gasteiger partial charge in [-0.05, 0) is 54.4 Å². The Hall–Kier alpha value is -4.21. The Bertz CT molecular complexity index is 1460. The third-order valence-corrected chi connectivity index (χ3v) is 7.33. The Morgan fingerprint density at radius 3 is 2.44 bits per heavy atom. The first-order chi connectivity index (χ1) is 18.6. The molecule has 1 fully saturated rings. The van der Waals surface area contributed by atoms with Gasteiger partial charge in [0.2, 0.25) is 0 Å². The van der Waals surface area contributed by atoms with E-state index in [0.29, 0.717) is 12.1 Å². The third kappa shape index (κ3) is 5.50. The molecule has 10 heteroatoms. The molecule has 0 bridgehead atoms. The van der Waals surface area contributed by atoms with E-state index in [2.05, 4.69) is 24.8 Å². The van der Waals surface area contributed by atoms with Crippen molar-refractivity contribution in [2.24, 2.45) is 7.05 Å². The number of nitrogens with one attached hydrogen (secondary N) is 1. The molecule has 1 amide bonds. The Morgan fingerprint density at radius 2 is 1.79 bits per heavy atom. The summed E-state index contributed by atoms with van der Waals surface area (Å²) in [6.07, 6.45) is -0.463. The quantitative estimate of drug-likeness (QED) is 0.331. The van der Waals surface area contributed by atoms with Crippen LogP contribution in [0.2, 0.25) is 0 Å². The van der Waals surface area contributed by atoms with E-state index in [4.69, 9.17) is 0 Å². The average Bonchev–Trinajstić information content (AvgIpc) is 3.18. The van der Waals surface area contributed by atoms with Gasteiger partial charge in [-0.15, -0.1) is 13.2 Å². The lowest BCUT2D eigenvalue weighted by molar-refractivity contribution is -0.274. The van der Waals surface area contributed by atoms with Crippen LogP contribution < -0.4 is 19.9 Å². The summed E-state index contributed by atoms with van der Waals surface area (Å²) in [7, 11) is 3.99. The normalized spacial score (nSPS) is 13.8. The monoisotopic (exact) mass is 537 g/mol. The van der Waals surface area contributed by atoms with Crippen LogP contribution >= 0.6 is 0 Å². The zero-order chi connectivity index (χ0) is 27.7. The van der Waals surface area contributed by atoms with Crippen LogP contribution in [0.5, 0.6) is 5.75 Å². The summed E-state index contributed by atoms with van der Waals surface area (Å²) in [5.41, 5.74) is 5.52. The van der Waals surface area contributed by atoms with Crippen LogP contribution in [0.25, 0.3) is 10.9 Å². The first-order valence-corrected chi connectivity index (χ1v) is 12.8.